The summed E-state index contributed by atoms with van der Waals surface area (Å²) in [4.78, 5) is 23.3. The minimum absolute atomic E-state index is 0.0439. The molecular formula is C25H28FN5O2. The highest BCUT2D eigenvalue weighted by molar-refractivity contribution is 6.06. The molecule has 0 saturated heterocycles. The lowest BCUT2D eigenvalue weighted by atomic mass is 9.92. The van der Waals surface area contributed by atoms with Crippen molar-refractivity contribution in [2.75, 3.05) is 25.1 Å². The number of carbonyl (C=O) groups excluding carboxylic acids is 1. The number of hydrogen-bond acceptors (Lipinski definition) is 5. The molecule has 1 saturated carbocycles. The fraction of sp³-hybridized carbons (Fsp3) is 0.400. The molecule has 3 aromatic rings. The van der Waals surface area contributed by atoms with E-state index in [0.29, 0.717) is 30.6 Å². The predicted molar refractivity (Wildman–Crippen MR) is 128 cm³/mol. The smallest absolute Gasteiger partial charge is 0.251 e. The highest BCUT2D eigenvalue weighted by Gasteiger charge is 2.28. The first-order chi connectivity index (χ1) is 16.0. The van der Waals surface area contributed by atoms with Gasteiger partial charge in [0, 0.05) is 31.8 Å². The van der Waals surface area contributed by atoms with E-state index in [9.17, 15) is 14.3 Å². The van der Waals surface area contributed by atoms with E-state index < -0.39 is 12.1 Å². The number of nitrogens with zero attached hydrogens (tertiary/aromatic N) is 4. The Hall–Kier alpha value is -3.26. The summed E-state index contributed by atoms with van der Waals surface area (Å²) in [6, 6.07) is 7.72. The SMILES string of the molecule is CN(CCO)c1cc(-c2ccc3c(c2)ncn3[C@@H]2CCCC[C@H]2F)c2c(c1C(N)=O)CC=N2. The van der Waals surface area contributed by atoms with Gasteiger partial charge < -0.3 is 20.3 Å². The topological polar surface area (TPSA) is 96.7 Å². The summed E-state index contributed by atoms with van der Waals surface area (Å²) in [5, 5.41) is 9.43. The van der Waals surface area contributed by atoms with Crippen LogP contribution in [0, 0.1) is 0 Å². The zero-order valence-electron chi connectivity index (χ0n) is 18.7. The Bertz CT molecular complexity index is 1250. The van der Waals surface area contributed by atoms with Crippen molar-refractivity contribution in [3.8, 4) is 11.1 Å². The standard InChI is InChI=1S/C25H28FN5O2/c1-30(10-11-32)22-13-17(24-16(8-9-28-24)23(22)25(27)33)15-6-7-21-19(12-15)29-14-31(21)20-5-3-2-4-18(20)26/h6-7,9,12-14,18,20,32H,2-5,8,10-11H2,1H3,(H2,27,33)/t18-,20-/m1/s1. The summed E-state index contributed by atoms with van der Waals surface area (Å²) in [6.07, 6.45) is 6.61. The van der Waals surface area contributed by atoms with Crippen molar-refractivity contribution in [3.05, 3.63) is 41.7 Å². The lowest BCUT2D eigenvalue weighted by molar-refractivity contribution is 0.1000. The summed E-state index contributed by atoms with van der Waals surface area (Å²) in [6.45, 7) is 0.326. The third-order valence-corrected chi connectivity index (χ3v) is 6.88. The van der Waals surface area contributed by atoms with Gasteiger partial charge in [0.1, 0.15) is 6.17 Å². The van der Waals surface area contributed by atoms with Crippen LogP contribution in [-0.4, -0.2) is 53.2 Å². The van der Waals surface area contributed by atoms with Crippen molar-refractivity contribution in [1.82, 2.24) is 9.55 Å². The van der Waals surface area contributed by atoms with Gasteiger partial charge in [0.2, 0.25) is 0 Å². The van der Waals surface area contributed by atoms with Crippen molar-refractivity contribution < 1.29 is 14.3 Å². The highest BCUT2D eigenvalue weighted by atomic mass is 19.1. The third-order valence-electron chi connectivity index (χ3n) is 6.88. The summed E-state index contributed by atoms with van der Waals surface area (Å²) in [7, 11) is 1.83. The van der Waals surface area contributed by atoms with Gasteiger partial charge in [-0.3, -0.25) is 9.79 Å². The van der Waals surface area contributed by atoms with Crippen LogP contribution in [0.1, 0.15) is 47.6 Å². The number of aromatic nitrogens is 2. The number of aliphatic imine (C=N–C) groups is 1. The second-order valence-corrected chi connectivity index (χ2v) is 8.89. The van der Waals surface area contributed by atoms with Crippen molar-refractivity contribution in [2.24, 2.45) is 10.7 Å². The molecule has 1 aromatic heterocycles. The minimum atomic E-state index is -0.848. The van der Waals surface area contributed by atoms with Crippen LogP contribution in [0.15, 0.2) is 35.6 Å². The first kappa shape index (κ1) is 21.6. The number of amides is 1. The summed E-state index contributed by atoms with van der Waals surface area (Å²) >= 11 is 0. The first-order valence-electron chi connectivity index (χ1n) is 11.4. The Kier molecular flexibility index (Phi) is 5.62. The Morgan fingerprint density at radius 2 is 2.12 bits per heavy atom. The van der Waals surface area contributed by atoms with Crippen LogP contribution in [0.4, 0.5) is 15.8 Å². The molecule has 172 valence electrons. The number of carbonyl (C=O) groups is 1. The van der Waals surface area contributed by atoms with E-state index in [2.05, 4.69) is 9.98 Å². The van der Waals surface area contributed by atoms with Gasteiger partial charge in [-0.25, -0.2) is 9.37 Å². The molecule has 1 aliphatic carbocycles. The second kappa shape index (κ2) is 8.59. The van der Waals surface area contributed by atoms with E-state index in [1.807, 2.05) is 40.8 Å². The number of rotatable bonds is 6. The van der Waals surface area contributed by atoms with Crippen molar-refractivity contribution >= 4 is 34.5 Å². The maximum absolute atomic E-state index is 14.6. The molecule has 1 aliphatic heterocycles. The van der Waals surface area contributed by atoms with Crippen LogP contribution in [-0.2, 0) is 6.42 Å². The Morgan fingerprint density at radius 1 is 1.30 bits per heavy atom. The van der Waals surface area contributed by atoms with Gasteiger partial charge in [-0.05, 0) is 42.2 Å². The van der Waals surface area contributed by atoms with E-state index in [-0.39, 0.29) is 12.6 Å². The van der Waals surface area contributed by atoms with E-state index in [1.54, 1.807) is 12.5 Å². The van der Waals surface area contributed by atoms with Gasteiger partial charge in [0.15, 0.2) is 0 Å². The zero-order chi connectivity index (χ0) is 23.1. The molecule has 0 spiro atoms. The summed E-state index contributed by atoms with van der Waals surface area (Å²) in [5.41, 5.74) is 11.9. The molecule has 7 nitrogen and oxygen atoms in total. The first-order valence-corrected chi connectivity index (χ1v) is 11.4. The van der Waals surface area contributed by atoms with Crippen LogP contribution in [0.2, 0.25) is 0 Å². The largest absolute Gasteiger partial charge is 0.395 e. The van der Waals surface area contributed by atoms with Crippen LogP contribution in [0.5, 0.6) is 0 Å². The van der Waals surface area contributed by atoms with Crippen molar-refractivity contribution in [1.29, 1.82) is 0 Å². The van der Waals surface area contributed by atoms with Crippen LogP contribution >= 0.6 is 0 Å². The summed E-state index contributed by atoms with van der Waals surface area (Å²) in [5.74, 6) is -0.509. The monoisotopic (exact) mass is 449 g/mol. The van der Waals surface area contributed by atoms with Crippen LogP contribution in [0.25, 0.3) is 22.2 Å². The average Bonchev–Trinajstić information content (AvgIpc) is 3.45. The molecule has 8 heteroatoms. The van der Waals surface area contributed by atoms with E-state index >= 15 is 0 Å². The molecule has 33 heavy (non-hydrogen) atoms. The summed E-state index contributed by atoms with van der Waals surface area (Å²) < 4.78 is 16.6. The quantitative estimate of drug-likeness (QED) is 0.596. The molecule has 3 N–H and O–H groups in total. The lowest BCUT2D eigenvalue weighted by Crippen LogP contribution is -2.26. The number of fused-ring (bicyclic) bond motifs is 2. The van der Waals surface area contributed by atoms with Gasteiger partial charge in [-0.15, -0.1) is 0 Å². The van der Waals surface area contributed by atoms with Crippen molar-refractivity contribution in [2.45, 2.75) is 44.3 Å². The van der Waals surface area contributed by atoms with Crippen LogP contribution in [0.3, 0.4) is 0 Å². The van der Waals surface area contributed by atoms with Crippen LogP contribution < -0.4 is 10.6 Å². The molecule has 0 unspecified atom stereocenters. The molecular weight excluding hydrogens is 421 g/mol. The number of imidazole rings is 1. The fourth-order valence-electron chi connectivity index (χ4n) is 5.20. The number of halogens is 1. The number of aliphatic hydroxyl groups is 1. The molecule has 2 atom stereocenters. The molecule has 1 amide bonds. The number of anilines is 1. The number of nitrogens with two attached hydrogens (primary N) is 1. The molecule has 2 aliphatic rings. The number of primary amides is 1. The Balaban J connectivity index is 1.62. The minimum Gasteiger partial charge on any atom is -0.395 e. The molecule has 0 bridgehead atoms. The Morgan fingerprint density at radius 3 is 2.88 bits per heavy atom. The molecule has 2 aromatic carbocycles. The number of alkyl halides is 1. The lowest BCUT2D eigenvalue weighted by Gasteiger charge is -2.27. The average molecular weight is 450 g/mol. The van der Waals surface area contributed by atoms with E-state index in [4.69, 9.17) is 5.73 Å². The molecule has 0 radical (unpaired) electrons. The third kappa shape index (κ3) is 3.68. The number of likely N-dealkylation sites (N-methyl/N-ethyl adjacent to an activating group) is 1. The maximum atomic E-state index is 14.6. The second-order valence-electron chi connectivity index (χ2n) is 8.89. The van der Waals surface area contributed by atoms with Gasteiger partial charge in [-0.1, -0.05) is 18.9 Å². The predicted octanol–water partition coefficient (Wildman–Crippen LogP) is 3.94. The number of hydrogen-bond donors (Lipinski definition) is 2. The van der Waals surface area contributed by atoms with Crippen molar-refractivity contribution in [3.63, 3.8) is 0 Å². The normalized spacial score (nSPS) is 19.7. The maximum Gasteiger partial charge on any atom is 0.251 e. The Labute approximate surface area is 191 Å². The number of benzene rings is 2. The molecule has 2 heterocycles. The molecule has 1 fully saturated rings. The van der Waals surface area contributed by atoms with E-state index in [1.165, 1.54) is 0 Å². The van der Waals surface area contributed by atoms with Gasteiger partial charge in [-0.2, -0.15) is 0 Å². The van der Waals surface area contributed by atoms with Gasteiger partial charge in [0.25, 0.3) is 5.91 Å². The fourth-order valence-corrected chi connectivity index (χ4v) is 5.20. The van der Waals surface area contributed by atoms with E-state index in [0.717, 1.165) is 52.7 Å². The molecule has 5 rings (SSSR count). The van der Waals surface area contributed by atoms with Gasteiger partial charge in [0.05, 0.1) is 46.9 Å². The number of aliphatic hydroxyl groups excluding tert-OH is 1. The highest BCUT2D eigenvalue weighted by Crippen LogP contribution is 2.43. The van der Waals surface area contributed by atoms with Gasteiger partial charge >= 0.3 is 0 Å². The zero-order valence-corrected chi connectivity index (χ0v) is 18.7.